The molecule has 3 aromatic heterocycles. The molecule has 4 aromatic rings. The van der Waals surface area contributed by atoms with Gasteiger partial charge >= 0.3 is 0 Å². The number of aromatic amines is 2. The maximum atomic E-state index is 14.1. The summed E-state index contributed by atoms with van der Waals surface area (Å²) < 4.78 is 14.1. The number of hydrogen-bond donors (Lipinski definition) is 4. The Morgan fingerprint density at radius 2 is 2.07 bits per heavy atom. The molecule has 28 heavy (non-hydrogen) atoms. The van der Waals surface area contributed by atoms with Crippen molar-refractivity contribution >= 4 is 40.1 Å². The number of benzene rings is 1. The molecule has 10 heteroatoms. The molecular formula is C18H16ClFN8. The van der Waals surface area contributed by atoms with Crippen LogP contribution in [0.2, 0.25) is 5.02 Å². The van der Waals surface area contributed by atoms with Gasteiger partial charge in [-0.05, 0) is 30.5 Å². The summed E-state index contributed by atoms with van der Waals surface area (Å²) in [5.74, 6) is 0.860. The number of halogens is 2. The summed E-state index contributed by atoms with van der Waals surface area (Å²) in [7, 11) is 0. The minimum absolute atomic E-state index is 0.0610. The molecule has 1 aliphatic rings. The van der Waals surface area contributed by atoms with E-state index < -0.39 is 5.82 Å². The Bertz CT molecular complexity index is 1150. The van der Waals surface area contributed by atoms with Crippen LogP contribution in [-0.2, 0) is 6.54 Å². The van der Waals surface area contributed by atoms with E-state index in [0.29, 0.717) is 29.3 Å². The molecule has 0 atom stereocenters. The molecule has 0 amide bonds. The normalized spacial score (nSPS) is 13.8. The van der Waals surface area contributed by atoms with Gasteiger partial charge in [-0.1, -0.05) is 11.6 Å². The zero-order valence-corrected chi connectivity index (χ0v) is 15.4. The summed E-state index contributed by atoms with van der Waals surface area (Å²) in [5, 5.41) is 21.6. The van der Waals surface area contributed by atoms with E-state index in [1.165, 1.54) is 0 Å². The van der Waals surface area contributed by atoms with Crippen molar-refractivity contribution in [3.63, 3.8) is 0 Å². The molecule has 0 spiro atoms. The second-order valence-electron chi connectivity index (χ2n) is 6.75. The molecule has 1 fully saturated rings. The average molecular weight is 399 g/mol. The lowest BCUT2D eigenvalue weighted by Crippen LogP contribution is -2.07. The summed E-state index contributed by atoms with van der Waals surface area (Å²) >= 11 is 6.15. The fourth-order valence-corrected chi connectivity index (χ4v) is 3.31. The van der Waals surface area contributed by atoms with Gasteiger partial charge < -0.3 is 10.6 Å². The van der Waals surface area contributed by atoms with E-state index in [9.17, 15) is 4.39 Å². The third kappa shape index (κ3) is 3.36. The number of hydrogen-bond acceptors (Lipinski definition) is 6. The average Bonchev–Trinajstić information content (AvgIpc) is 3.24. The second-order valence-corrected chi connectivity index (χ2v) is 7.18. The van der Waals surface area contributed by atoms with Crippen LogP contribution in [0.5, 0.6) is 0 Å². The van der Waals surface area contributed by atoms with E-state index in [1.54, 1.807) is 6.20 Å². The summed E-state index contributed by atoms with van der Waals surface area (Å²) in [6.07, 6.45) is 5.17. The topological polar surface area (TPSA) is 107 Å². The van der Waals surface area contributed by atoms with Crippen LogP contribution in [-0.4, -0.2) is 30.4 Å². The number of H-pyrrole nitrogens is 2. The zero-order valence-electron chi connectivity index (χ0n) is 14.6. The number of nitrogens with one attached hydrogen (secondary N) is 4. The van der Waals surface area contributed by atoms with Crippen molar-refractivity contribution in [1.82, 2.24) is 30.4 Å². The van der Waals surface area contributed by atoms with E-state index in [0.717, 1.165) is 41.2 Å². The maximum absolute atomic E-state index is 14.1. The van der Waals surface area contributed by atoms with Crippen LogP contribution in [0.4, 0.5) is 22.0 Å². The van der Waals surface area contributed by atoms with Gasteiger partial charge in [0.25, 0.3) is 0 Å². The number of rotatable bonds is 6. The monoisotopic (exact) mass is 398 g/mol. The maximum Gasteiger partial charge on any atom is 0.225 e. The Hall–Kier alpha value is -3.20. The largest absolute Gasteiger partial charge is 0.350 e. The second kappa shape index (κ2) is 6.75. The highest BCUT2D eigenvalue weighted by Gasteiger charge is 2.25. The molecule has 0 aliphatic heterocycles. The molecular weight excluding hydrogens is 383 g/mol. The van der Waals surface area contributed by atoms with Gasteiger partial charge in [0.2, 0.25) is 5.95 Å². The van der Waals surface area contributed by atoms with E-state index in [1.807, 2.05) is 18.2 Å². The predicted molar refractivity (Wildman–Crippen MR) is 104 cm³/mol. The number of aromatic nitrogens is 6. The Labute approximate surface area is 163 Å². The van der Waals surface area contributed by atoms with Crippen LogP contribution in [0.15, 0.2) is 30.6 Å². The van der Waals surface area contributed by atoms with Gasteiger partial charge in [-0.3, -0.25) is 10.2 Å². The fourth-order valence-electron chi connectivity index (χ4n) is 3.07. The van der Waals surface area contributed by atoms with Crippen LogP contribution in [0.25, 0.3) is 10.9 Å². The standard InChI is InChI=1S/C18H16ClFN8/c19-11-3-10(12-7-23-26-15(12)4-11)6-21-18-22-8-13(20)17(25-18)24-16-5-14(27-28-16)9-1-2-9/h3-5,7-9H,1-2,6H2,(H,23,26)(H3,21,22,24,25,27,28). The Kier molecular flexibility index (Phi) is 4.09. The van der Waals surface area contributed by atoms with E-state index in [-0.39, 0.29) is 5.82 Å². The van der Waals surface area contributed by atoms with Crippen LogP contribution >= 0.6 is 11.6 Å². The minimum atomic E-state index is -0.554. The number of fused-ring (bicyclic) bond motifs is 1. The molecule has 0 unspecified atom stereocenters. The van der Waals surface area contributed by atoms with E-state index >= 15 is 0 Å². The van der Waals surface area contributed by atoms with Crippen LogP contribution in [0, 0.1) is 5.82 Å². The Balaban J connectivity index is 1.34. The van der Waals surface area contributed by atoms with Crippen molar-refractivity contribution in [3.05, 3.63) is 52.7 Å². The molecule has 8 nitrogen and oxygen atoms in total. The first kappa shape index (κ1) is 16.9. The van der Waals surface area contributed by atoms with Gasteiger partial charge in [-0.15, -0.1) is 0 Å². The Morgan fingerprint density at radius 3 is 2.93 bits per heavy atom. The summed E-state index contributed by atoms with van der Waals surface area (Å²) in [4.78, 5) is 8.23. The summed E-state index contributed by atoms with van der Waals surface area (Å²) in [5.41, 5.74) is 2.83. The van der Waals surface area contributed by atoms with Crippen LogP contribution < -0.4 is 10.6 Å². The van der Waals surface area contributed by atoms with Crippen molar-refractivity contribution in [3.8, 4) is 0 Å². The van der Waals surface area contributed by atoms with Gasteiger partial charge in [0.1, 0.15) is 0 Å². The highest BCUT2D eigenvalue weighted by Crippen LogP contribution is 2.39. The molecule has 3 heterocycles. The van der Waals surface area contributed by atoms with E-state index in [2.05, 4.69) is 41.0 Å². The van der Waals surface area contributed by atoms with Gasteiger partial charge in [-0.2, -0.15) is 15.2 Å². The van der Waals surface area contributed by atoms with Gasteiger partial charge in [0.05, 0.1) is 17.9 Å². The molecule has 4 N–H and O–H groups in total. The van der Waals surface area contributed by atoms with Gasteiger partial charge in [0, 0.05) is 34.6 Å². The molecule has 142 valence electrons. The molecule has 0 bridgehead atoms. The summed E-state index contributed by atoms with van der Waals surface area (Å²) in [6.45, 7) is 0.413. The summed E-state index contributed by atoms with van der Waals surface area (Å²) in [6, 6.07) is 5.54. The molecule has 1 aliphatic carbocycles. The van der Waals surface area contributed by atoms with Crippen molar-refractivity contribution in [1.29, 1.82) is 0 Å². The van der Waals surface area contributed by atoms with Crippen molar-refractivity contribution < 1.29 is 4.39 Å². The lowest BCUT2D eigenvalue weighted by atomic mass is 10.1. The lowest BCUT2D eigenvalue weighted by molar-refractivity contribution is 0.619. The highest BCUT2D eigenvalue weighted by atomic mass is 35.5. The molecule has 1 saturated carbocycles. The molecule has 0 saturated heterocycles. The third-order valence-corrected chi connectivity index (χ3v) is 4.87. The van der Waals surface area contributed by atoms with Gasteiger partial charge in [0.15, 0.2) is 17.5 Å². The number of nitrogens with zero attached hydrogens (tertiary/aromatic N) is 4. The highest BCUT2D eigenvalue weighted by molar-refractivity contribution is 6.31. The van der Waals surface area contributed by atoms with Crippen LogP contribution in [0.3, 0.4) is 0 Å². The molecule has 1 aromatic carbocycles. The van der Waals surface area contributed by atoms with E-state index in [4.69, 9.17) is 11.6 Å². The van der Waals surface area contributed by atoms with Crippen molar-refractivity contribution in [2.75, 3.05) is 10.6 Å². The quantitative estimate of drug-likeness (QED) is 0.389. The first-order valence-electron chi connectivity index (χ1n) is 8.86. The van der Waals surface area contributed by atoms with Crippen molar-refractivity contribution in [2.45, 2.75) is 25.3 Å². The van der Waals surface area contributed by atoms with Crippen molar-refractivity contribution in [2.24, 2.45) is 0 Å². The third-order valence-electron chi connectivity index (χ3n) is 4.65. The predicted octanol–water partition coefficient (Wildman–Crippen LogP) is 4.10. The lowest BCUT2D eigenvalue weighted by Gasteiger charge is -2.09. The first-order valence-corrected chi connectivity index (χ1v) is 9.24. The SMILES string of the molecule is Fc1cnc(NCc2cc(Cl)cc3[nH]ncc23)nc1Nc1cc(C2CC2)[nH]n1. The van der Waals surface area contributed by atoms with Crippen LogP contribution in [0.1, 0.15) is 30.0 Å². The Morgan fingerprint density at radius 1 is 1.18 bits per heavy atom. The minimum Gasteiger partial charge on any atom is -0.350 e. The first-order chi connectivity index (χ1) is 13.7. The van der Waals surface area contributed by atoms with Gasteiger partial charge in [-0.25, -0.2) is 9.37 Å². The zero-order chi connectivity index (χ0) is 19.1. The number of anilines is 3. The molecule has 5 rings (SSSR count). The molecule has 0 radical (unpaired) electrons. The smallest absolute Gasteiger partial charge is 0.225 e. The fraction of sp³-hybridized carbons (Fsp3) is 0.222.